The number of aryl methyl sites for hydroxylation is 1. The minimum absolute atomic E-state index is 0.0948. The molecule has 0 heterocycles. The summed E-state index contributed by atoms with van der Waals surface area (Å²) in [6, 6.07) is 5.63. The summed E-state index contributed by atoms with van der Waals surface area (Å²) in [6.07, 6.45) is 1.74. The number of carbonyl (C=O) groups excluding carboxylic acids is 2. The highest BCUT2D eigenvalue weighted by Gasteiger charge is 2.20. The number of benzene rings is 1. The monoisotopic (exact) mass is 372 g/mol. The van der Waals surface area contributed by atoms with Crippen molar-refractivity contribution >= 4 is 17.5 Å². The first-order valence-corrected chi connectivity index (χ1v) is 9.95. The van der Waals surface area contributed by atoms with E-state index in [4.69, 9.17) is 0 Å². The maximum Gasteiger partial charge on any atom is 0.300 e. The van der Waals surface area contributed by atoms with Gasteiger partial charge in [0.1, 0.15) is 0 Å². The molecule has 1 unspecified atom stereocenters. The normalized spacial score (nSPS) is 11.0. The lowest BCUT2D eigenvalue weighted by Gasteiger charge is -2.25. The topological polar surface area (TPSA) is 58.2 Å². The van der Waals surface area contributed by atoms with Crippen molar-refractivity contribution in [3.63, 3.8) is 0 Å². The van der Waals surface area contributed by atoms with Crippen LogP contribution in [0.2, 0.25) is 0 Å². The predicted octanol–water partition coefficient (Wildman–Crippen LogP) is 5.04. The summed E-state index contributed by atoms with van der Waals surface area (Å²) in [7, 11) is 0. The van der Waals surface area contributed by atoms with E-state index in [0.29, 0.717) is 23.1 Å². The van der Waals surface area contributed by atoms with Crippen LogP contribution in [0, 0.1) is 23.7 Å². The molecular formula is C23H36N2O2. The van der Waals surface area contributed by atoms with Gasteiger partial charge in [0.15, 0.2) is 0 Å². The summed E-state index contributed by atoms with van der Waals surface area (Å²) < 4.78 is 0. The molecular weight excluding hydrogens is 336 g/mol. The highest BCUT2D eigenvalue weighted by Crippen LogP contribution is 2.20. The molecule has 150 valence electrons. The van der Waals surface area contributed by atoms with E-state index in [0.717, 1.165) is 18.4 Å². The molecule has 0 saturated carbocycles. The Balaban J connectivity index is 0.00000326. The Labute approximate surface area is 165 Å². The molecule has 2 N–H and O–H groups in total. The largest absolute Gasteiger partial charge is 0.349 e. The molecule has 2 amide bonds. The standard InChI is InChI=1S/C21H30N2O2.C2H6/c1-7-9-20(24)22-19-13-16(8-2)10-11-17(19)21(25)23-18(15(5)6)12-14(3)4;1-2/h10-11,13-15,18H,8,12H2,1-6H3,(H,22,24)(H,23,25);1-2H3. The van der Waals surface area contributed by atoms with Crippen LogP contribution in [-0.4, -0.2) is 17.9 Å². The van der Waals surface area contributed by atoms with Gasteiger partial charge in [0.2, 0.25) is 0 Å². The van der Waals surface area contributed by atoms with Crippen molar-refractivity contribution in [3.05, 3.63) is 29.3 Å². The zero-order valence-corrected chi connectivity index (χ0v) is 18.2. The van der Waals surface area contributed by atoms with Gasteiger partial charge in [-0.2, -0.15) is 0 Å². The summed E-state index contributed by atoms with van der Waals surface area (Å²) in [6.45, 7) is 16.1. The SMILES string of the molecule is CC.CC#CC(=O)Nc1cc(CC)ccc1C(=O)NC(CC(C)C)C(C)C. The number of hydrogen-bond donors (Lipinski definition) is 2. The first-order valence-electron chi connectivity index (χ1n) is 9.95. The van der Waals surface area contributed by atoms with Crippen LogP contribution in [0.25, 0.3) is 0 Å². The Hall–Kier alpha value is -2.28. The third kappa shape index (κ3) is 8.77. The molecule has 1 aromatic carbocycles. The van der Waals surface area contributed by atoms with E-state index in [1.807, 2.05) is 32.9 Å². The second-order valence-corrected chi connectivity index (χ2v) is 7.02. The second-order valence-electron chi connectivity index (χ2n) is 7.02. The van der Waals surface area contributed by atoms with E-state index < -0.39 is 5.91 Å². The summed E-state index contributed by atoms with van der Waals surface area (Å²) in [4.78, 5) is 24.6. The fourth-order valence-electron chi connectivity index (χ4n) is 2.63. The predicted molar refractivity (Wildman–Crippen MR) is 115 cm³/mol. The van der Waals surface area contributed by atoms with Gasteiger partial charge in [0.25, 0.3) is 11.8 Å². The highest BCUT2D eigenvalue weighted by molar-refractivity contribution is 6.09. The highest BCUT2D eigenvalue weighted by atomic mass is 16.2. The van der Waals surface area contributed by atoms with Crippen LogP contribution in [0.3, 0.4) is 0 Å². The lowest BCUT2D eigenvalue weighted by Crippen LogP contribution is -2.39. The fraction of sp³-hybridized carbons (Fsp3) is 0.565. The Morgan fingerprint density at radius 2 is 1.74 bits per heavy atom. The van der Waals surface area contributed by atoms with Gasteiger partial charge in [-0.15, -0.1) is 0 Å². The molecule has 0 fully saturated rings. The molecule has 0 aliphatic heterocycles. The molecule has 4 heteroatoms. The summed E-state index contributed by atoms with van der Waals surface area (Å²) in [5.41, 5.74) is 2.04. The number of anilines is 1. The summed E-state index contributed by atoms with van der Waals surface area (Å²) in [5, 5.41) is 5.86. The lowest BCUT2D eigenvalue weighted by atomic mass is 9.94. The number of amides is 2. The summed E-state index contributed by atoms with van der Waals surface area (Å²) in [5.74, 6) is 5.28. The van der Waals surface area contributed by atoms with Crippen LogP contribution >= 0.6 is 0 Å². The van der Waals surface area contributed by atoms with Gasteiger partial charge in [-0.1, -0.05) is 60.5 Å². The average Bonchev–Trinajstić information content (AvgIpc) is 2.62. The molecule has 0 aromatic heterocycles. The second kappa shape index (κ2) is 13.0. The molecule has 1 aromatic rings. The van der Waals surface area contributed by atoms with E-state index in [-0.39, 0.29) is 11.9 Å². The van der Waals surface area contributed by atoms with Gasteiger partial charge in [0, 0.05) is 6.04 Å². The van der Waals surface area contributed by atoms with Gasteiger partial charge >= 0.3 is 0 Å². The Morgan fingerprint density at radius 3 is 2.22 bits per heavy atom. The van der Waals surface area contributed by atoms with Crippen molar-refractivity contribution in [2.24, 2.45) is 11.8 Å². The molecule has 0 bridgehead atoms. The molecule has 27 heavy (non-hydrogen) atoms. The van der Waals surface area contributed by atoms with Crippen molar-refractivity contribution in [1.29, 1.82) is 0 Å². The zero-order chi connectivity index (χ0) is 21.0. The van der Waals surface area contributed by atoms with E-state index in [1.54, 1.807) is 13.0 Å². The quantitative estimate of drug-likeness (QED) is 0.659. The van der Waals surface area contributed by atoms with E-state index in [1.165, 1.54) is 0 Å². The van der Waals surface area contributed by atoms with Gasteiger partial charge < -0.3 is 10.6 Å². The van der Waals surface area contributed by atoms with Crippen LogP contribution < -0.4 is 10.6 Å². The number of rotatable bonds is 7. The minimum atomic E-state index is -0.410. The lowest BCUT2D eigenvalue weighted by molar-refractivity contribution is -0.111. The molecule has 4 nitrogen and oxygen atoms in total. The maximum absolute atomic E-state index is 12.8. The molecule has 0 aliphatic carbocycles. The van der Waals surface area contributed by atoms with Crippen LogP contribution in [-0.2, 0) is 11.2 Å². The number of nitrogens with one attached hydrogen (secondary N) is 2. The molecule has 0 radical (unpaired) electrons. The van der Waals surface area contributed by atoms with Crippen LogP contribution in [0.15, 0.2) is 18.2 Å². The van der Waals surface area contributed by atoms with Crippen molar-refractivity contribution in [1.82, 2.24) is 5.32 Å². The van der Waals surface area contributed by atoms with Crippen LogP contribution in [0.5, 0.6) is 0 Å². The zero-order valence-electron chi connectivity index (χ0n) is 18.2. The van der Waals surface area contributed by atoms with Crippen LogP contribution in [0.4, 0.5) is 5.69 Å². The first-order chi connectivity index (χ1) is 12.8. The van der Waals surface area contributed by atoms with Crippen molar-refractivity contribution in [2.45, 2.75) is 74.3 Å². The smallest absolute Gasteiger partial charge is 0.300 e. The van der Waals surface area contributed by atoms with Gasteiger partial charge in [-0.25, -0.2) is 0 Å². The summed E-state index contributed by atoms with van der Waals surface area (Å²) >= 11 is 0. The molecule has 0 aliphatic rings. The van der Waals surface area contributed by atoms with Crippen molar-refractivity contribution < 1.29 is 9.59 Å². The average molecular weight is 373 g/mol. The molecule has 0 saturated heterocycles. The third-order valence-corrected chi connectivity index (χ3v) is 4.07. The Bertz CT molecular complexity index is 667. The van der Waals surface area contributed by atoms with E-state index in [2.05, 4.69) is 50.2 Å². The van der Waals surface area contributed by atoms with E-state index in [9.17, 15) is 9.59 Å². The molecule has 1 atom stereocenters. The Morgan fingerprint density at radius 1 is 1.11 bits per heavy atom. The first kappa shape index (κ1) is 24.7. The molecule has 0 spiro atoms. The third-order valence-electron chi connectivity index (χ3n) is 4.07. The van der Waals surface area contributed by atoms with Crippen molar-refractivity contribution in [3.8, 4) is 11.8 Å². The fourth-order valence-corrected chi connectivity index (χ4v) is 2.63. The van der Waals surface area contributed by atoms with Gasteiger partial charge in [-0.3, -0.25) is 9.59 Å². The Kier molecular flexibility index (Phi) is 11.9. The van der Waals surface area contributed by atoms with Crippen LogP contribution in [0.1, 0.15) is 77.7 Å². The number of carbonyl (C=O) groups is 2. The maximum atomic E-state index is 12.8. The van der Waals surface area contributed by atoms with Gasteiger partial charge in [-0.05, 0) is 55.2 Å². The van der Waals surface area contributed by atoms with Crippen molar-refractivity contribution in [2.75, 3.05) is 5.32 Å². The van der Waals surface area contributed by atoms with Gasteiger partial charge in [0.05, 0.1) is 11.3 Å². The molecule has 1 rings (SSSR count). The van der Waals surface area contributed by atoms with E-state index >= 15 is 0 Å². The number of hydrogen-bond acceptors (Lipinski definition) is 2. The minimum Gasteiger partial charge on any atom is -0.349 e.